The molecule has 2 aliphatic rings. The Kier molecular flexibility index (Phi) is 4.69. The van der Waals surface area contributed by atoms with E-state index < -0.39 is 49.3 Å². The predicted octanol–water partition coefficient (Wildman–Crippen LogP) is -3.14. The summed E-state index contributed by atoms with van der Waals surface area (Å²) < 4.78 is 27.6. The van der Waals surface area contributed by atoms with Gasteiger partial charge in [-0.1, -0.05) is 0 Å². The highest BCUT2D eigenvalue weighted by atomic mass is 19.1. The maximum absolute atomic E-state index is 12.9. The molecule has 8 nitrogen and oxygen atoms in total. The van der Waals surface area contributed by atoms with E-state index in [1.165, 1.54) is 0 Å². The summed E-state index contributed by atoms with van der Waals surface area (Å²) in [6.07, 6.45) is -12.0. The molecule has 0 aromatic rings. The number of halogens is 1. The summed E-state index contributed by atoms with van der Waals surface area (Å²) >= 11 is 0. The second kappa shape index (κ2) is 5.94. The van der Waals surface area contributed by atoms with Crippen molar-refractivity contribution < 1.29 is 44.1 Å². The van der Waals surface area contributed by atoms with E-state index in [1.807, 2.05) is 0 Å². The fourth-order valence-electron chi connectivity index (χ4n) is 1.95. The van der Waals surface area contributed by atoms with Crippen molar-refractivity contribution in [2.24, 2.45) is 0 Å². The molecule has 2 saturated heterocycles. The molecular formula is C10H17FO8. The van der Waals surface area contributed by atoms with E-state index >= 15 is 0 Å². The summed E-state index contributed by atoms with van der Waals surface area (Å²) in [7, 11) is 0. The van der Waals surface area contributed by atoms with Crippen molar-refractivity contribution in [3.63, 3.8) is 0 Å². The van der Waals surface area contributed by atoms with Gasteiger partial charge in [0.2, 0.25) is 6.36 Å². The molecule has 0 unspecified atom stereocenters. The Hall–Kier alpha value is -0.390. The Morgan fingerprint density at radius 2 is 1.53 bits per heavy atom. The van der Waals surface area contributed by atoms with Gasteiger partial charge in [0.15, 0.2) is 6.29 Å². The summed E-state index contributed by atoms with van der Waals surface area (Å²) in [4.78, 5) is 0. The first-order valence-corrected chi connectivity index (χ1v) is 5.85. The molecule has 0 aliphatic carbocycles. The fraction of sp³-hybridized carbons (Fsp3) is 1.00. The average molecular weight is 284 g/mol. The highest BCUT2D eigenvalue weighted by Gasteiger charge is 2.44. The van der Waals surface area contributed by atoms with Crippen molar-refractivity contribution in [3.05, 3.63) is 0 Å². The maximum Gasteiger partial charge on any atom is 0.227 e. The minimum Gasteiger partial charge on any atom is -0.388 e. The SMILES string of the molecule is O[C@@H]1[C@@H](O)[C@H](O[C@@H]2CO[C@H](F)[C@H](O)[C@H]2O)OC[C@H]1O. The van der Waals surface area contributed by atoms with E-state index in [0.717, 1.165) is 0 Å². The molecule has 5 N–H and O–H groups in total. The molecule has 0 aromatic heterocycles. The minimum atomic E-state index is -2.01. The lowest BCUT2D eigenvalue weighted by Gasteiger charge is -2.40. The first-order valence-electron chi connectivity index (χ1n) is 5.85. The van der Waals surface area contributed by atoms with Crippen LogP contribution in [0.3, 0.4) is 0 Å². The van der Waals surface area contributed by atoms with E-state index in [1.54, 1.807) is 0 Å². The largest absolute Gasteiger partial charge is 0.388 e. The van der Waals surface area contributed by atoms with Gasteiger partial charge in [-0.25, -0.2) is 4.39 Å². The topological polar surface area (TPSA) is 129 Å². The summed E-state index contributed by atoms with van der Waals surface area (Å²) in [6, 6.07) is 0. The third-order valence-corrected chi connectivity index (χ3v) is 3.18. The molecule has 2 fully saturated rings. The third-order valence-electron chi connectivity index (χ3n) is 3.18. The van der Waals surface area contributed by atoms with Crippen LogP contribution in [0.2, 0.25) is 0 Å². The summed E-state index contributed by atoms with van der Waals surface area (Å²) in [6.45, 7) is -0.606. The number of rotatable bonds is 2. The minimum absolute atomic E-state index is 0.263. The average Bonchev–Trinajstić information content (AvgIpc) is 2.39. The molecule has 9 heteroatoms. The standard InChI is InChI=1S/C10H17FO8/c11-9-7(15)6(14)4(2-17-9)19-10-8(16)5(13)3(12)1-18-10/h3-10,12-16H,1-2H2/t3-,4-,5+,6+,7-,8-,9+,10+/m1/s1. The van der Waals surface area contributed by atoms with E-state index in [9.17, 15) is 29.9 Å². The van der Waals surface area contributed by atoms with Gasteiger partial charge >= 0.3 is 0 Å². The molecular weight excluding hydrogens is 267 g/mol. The van der Waals surface area contributed by atoms with Gasteiger partial charge in [-0.15, -0.1) is 0 Å². The molecule has 8 atom stereocenters. The molecule has 0 saturated carbocycles. The zero-order chi connectivity index (χ0) is 14.2. The van der Waals surface area contributed by atoms with Gasteiger partial charge in [-0.2, -0.15) is 0 Å². The van der Waals surface area contributed by atoms with E-state index in [-0.39, 0.29) is 13.2 Å². The lowest BCUT2D eigenvalue weighted by Crippen LogP contribution is -2.58. The van der Waals surface area contributed by atoms with Crippen molar-refractivity contribution in [1.29, 1.82) is 0 Å². The van der Waals surface area contributed by atoms with Gasteiger partial charge in [0.25, 0.3) is 0 Å². The second-order valence-corrected chi connectivity index (χ2v) is 4.59. The fourth-order valence-corrected chi connectivity index (χ4v) is 1.95. The van der Waals surface area contributed by atoms with Crippen LogP contribution in [0.1, 0.15) is 0 Å². The van der Waals surface area contributed by atoms with E-state index in [4.69, 9.17) is 9.47 Å². The molecule has 0 amide bonds. The first-order chi connectivity index (χ1) is 8.91. The Morgan fingerprint density at radius 1 is 0.842 bits per heavy atom. The van der Waals surface area contributed by atoms with Crippen LogP contribution in [0.5, 0.6) is 0 Å². The van der Waals surface area contributed by atoms with Crippen LogP contribution in [0.15, 0.2) is 0 Å². The molecule has 0 spiro atoms. The maximum atomic E-state index is 12.9. The Morgan fingerprint density at radius 3 is 2.21 bits per heavy atom. The molecule has 2 heterocycles. The Labute approximate surface area is 107 Å². The van der Waals surface area contributed by atoms with Crippen molar-refractivity contribution in [2.45, 2.75) is 49.3 Å². The summed E-state index contributed by atoms with van der Waals surface area (Å²) in [5.74, 6) is 0. The molecule has 2 rings (SSSR count). The highest BCUT2D eigenvalue weighted by Crippen LogP contribution is 2.23. The van der Waals surface area contributed by atoms with Crippen molar-refractivity contribution in [3.8, 4) is 0 Å². The monoisotopic (exact) mass is 284 g/mol. The van der Waals surface area contributed by atoms with Gasteiger partial charge in [0.05, 0.1) is 13.2 Å². The van der Waals surface area contributed by atoms with Crippen molar-refractivity contribution in [1.82, 2.24) is 0 Å². The van der Waals surface area contributed by atoms with Crippen molar-refractivity contribution >= 4 is 0 Å². The van der Waals surface area contributed by atoms with Crippen LogP contribution < -0.4 is 0 Å². The summed E-state index contributed by atoms with van der Waals surface area (Å²) in [5, 5.41) is 47.2. The van der Waals surface area contributed by atoms with Crippen molar-refractivity contribution in [2.75, 3.05) is 13.2 Å². The zero-order valence-electron chi connectivity index (χ0n) is 9.87. The molecule has 0 aromatic carbocycles. The van der Waals surface area contributed by atoms with Crippen LogP contribution in [-0.4, -0.2) is 88.0 Å². The second-order valence-electron chi connectivity index (χ2n) is 4.59. The van der Waals surface area contributed by atoms with Gasteiger partial charge in [0, 0.05) is 0 Å². The van der Waals surface area contributed by atoms with Gasteiger partial charge < -0.3 is 39.7 Å². The van der Waals surface area contributed by atoms with Crippen LogP contribution >= 0.6 is 0 Å². The van der Waals surface area contributed by atoms with Crippen LogP contribution in [-0.2, 0) is 14.2 Å². The highest BCUT2D eigenvalue weighted by molar-refractivity contribution is 4.87. The van der Waals surface area contributed by atoms with E-state index in [0.29, 0.717) is 0 Å². The number of hydrogen-bond donors (Lipinski definition) is 5. The van der Waals surface area contributed by atoms with Crippen LogP contribution in [0, 0.1) is 0 Å². The number of alkyl halides is 1. The molecule has 2 aliphatic heterocycles. The summed E-state index contributed by atoms with van der Waals surface area (Å²) in [5.41, 5.74) is 0. The first kappa shape index (κ1) is 15.0. The number of ether oxygens (including phenoxy) is 3. The van der Waals surface area contributed by atoms with Crippen LogP contribution in [0.4, 0.5) is 4.39 Å². The molecule has 19 heavy (non-hydrogen) atoms. The lowest BCUT2D eigenvalue weighted by atomic mass is 10.0. The van der Waals surface area contributed by atoms with Gasteiger partial charge in [-0.3, -0.25) is 0 Å². The molecule has 0 bridgehead atoms. The zero-order valence-corrected chi connectivity index (χ0v) is 9.87. The predicted molar refractivity (Wildman–Crippen MR) is 55.5 cm³/mol. The van der Waals surface area contributed by atoms with E-state index in [2.05, 4.69) is 4.74 Å². The van der Waals surface area contributed by atoms with Gasteiger partial charge in [0.1, 0.15) is 36.6 Å². The molecule has 0 radical (unpaired) electrons. The Balaban J connectivity index is 1.94. The molecule has 112 valence electrons. The quantitative estimate of drug-likeness (QED) is 0.360. The van der Waals surface area contributed by atoms with Gasteiger partial charge in [-0.05, 0) is 0 Å². The number of hydrogen-bond acceptors (Lipinski definition) is 8. The lowest BCUT2D eigenvalue weighted by molar-refractivity contribution is -0.316. The third kappa shape index (κ3) is 3.03. The van der Waals surface area contributed by atoms with Crippen LogP contribution in [0.25, 0.3) is 0 Å². The Bertz CT molecular complexity index is 277. The normalized spacial score (nSPS) is 52.1. The smallest absolute Gasteiger partial charge is 0.227 e. The number of aliphatic hydroxyl groups is 5. The number of aliphatic hydroxyl groups excluding tert-OH is 5.